The predicted octanol–water partition coefficient (Wildman–Crippen LogP) is -0.258. The molecule has 3 heteroatoms. The van der Waals surface area contributed by atoms with Crippen LogP contribution >= 0.6 is 0 Å². The highest BCUT2D eigenvalue weighted by molar-refractivity contribution is 6.32. The van der Waals surface area contributed by atoms with Gasteiger partial charge in [-0.25, -0.2) is 0 Å². The van der Waals surface area contributed by atoms with Crippen molar-refractivity contribution in [3.8, 4) is 0 Å². The van der Waals surface area contributed by atoms with Gasteiger partial charge in [-0.2, -0.15) is 0 Å². The van der Waals surface area contributed by atoms with Crippen LogP contribution in [0.15, 0.2) is 0 Å². The van der Waals surface area contributed by atoms with E-state index in [0.717, 1.165) is 6.41 Å². The van der Waals surface area contributed by atoms with Crippen LogP contribution in [0.2, 0.25) is 6.82 Å². The third-order valence-corrected chi connectivity index (χ3v) is 0.574. The highest BCUT2D eigenvalue weighted by atomic mass is 16.1. The first-order valence-corrected chi connectivity index (χ1v) is 1.78. The van der Waals surface area contributed by atoms with Crippen molar-refractivity contribution in [2.75, 3.05) is 7.05 Å². The monoisotopic (exact) mass is 84.1 g/mol. The van der Waals surface area contributed by atoms with Crippen LogP contribution in [0.4, 0.5) is 0 Å². The van der Waals surface area contributed by atoms with Crippen molar-refractivity contribution in [3.63, 3.8) is 0 Å². The molecule has 2 nitrogen and oxygen atoms in total. The van der Waals surface area contributed by atoms with E-state index in [-0.39, 0.29) is 0 Å². The minimum absolute atomic E-state index is 0.750. The number of carbonyl (C=O) groups is 1. The van der Waals surface area contributed by atoms with Gasteiger partial charge in [0.2, 0.25) is 7.41 Å². The van der Waals surface area contributed by atoms with Gasteiger partial charge in [0, 0.05) is 0 Å². The number of nitrogens with zero attached hydrogens (tertiary/aromatic N) is 1. The van der Waals surface area contributed by atoms with Crippen molar-refractivity contribution in [3.05, 3.63) is 0 Å². The van der Waals surface area contributed by atoms with Crippen molar-refractivity contribution in [1.82, 2.24) is 4.81 Å². The van der Waals surface area contributed by atoms with E-state index in [0.29, 0.717) is 0 Å². The standard InChI is InChI=1S/C3H7BNO/c1-4-5(2)3-6/h3H,1-2H3. The Labute approximate surface area is 38.4 Å². The summed E-state index contributed by atoms with van der Waals surface area (Å²) in [5.41, 5.74) is 0. The molecule has 0 saturated carbocycles. The van der Waals surface area contributed by atoms with Crippen molar-refractivity contribution in [2.45, 2.75) is 6.82 Å². The number of hydrogen-bond acceptors (Lipinski definition) is 1. The van der Waals surface area contributed by atoms with E-state index in [9.17, 15) is 4.79 Å². The molecular weight excluding hydrogens is 76.9 g/mol. The van der Waals surface area contributed by atoms with E-state index in [2.05, 4.69) is 0 Å². The zero-order chi connectivity index (χ0) is 4.99. The van der Waals surface area contributed by atoms with Crippen LogP contribution in [0.1, 0.15) is 0 Å². The second-order valence-electron chi connectivity index (χ2n) is 1.03. The molecule has 0 rings (SSSR count). The molecule has 33 valence electrons. The molecule has 0 aromatic heterocycles. The van der Waals surface area contributed by atoms with Gasteiger partial charge >= 0.3 is 0 Å². The molecule has 1 radical (unpaired) electrons. The quantitative estimate of drug-likeness (QED) is 0.333. The fourth-order valence-electron chi connectivity index (χ4n) is 0.0609. The van der Waals surface area contributed by atoms with Gasteiger partial charge in [-0.1, -0.05) is 6.82 Å². The van der Waals surface area contributed by atoms with E-state index in [1.54, 1.807) is 21.3 Å². The first kappa shape index (κ1) is 5.53. The second-order valence-corrected chi connectivity index (χ2v) is 1.03. The Kier molecular flexibility index (Phi) is 2.54. The van der Waals surface area contributed by atoms with Crippen LogP contribution in [0.25, 0.3) is 0 Å². The summed E-state index contributed by atoms with van der Waals surface area (Å²) >= 11 is 0. The lowest BCUT2D eigenvalue weighted by molar-refractivity contribution is -0.113. The summed E-state index contributed by atoms with van der Waals surface area (Å²) in [5.74, 6) is 0. The fourth-order valence-corrected chi connectivity index (χ4v) is 0.0609. The molecule has 0 atom stereocenters. The minimum Gasteiger partial charge on any atom is -0.396 e. The molecule has 0 aromatic carbocycles. The van der Waals surface area contributed by atoms with Gasteiger partial charge in [-0.05, 0) is 7.05 Å². The smallest absolute Gasteiger partial charge is 0.245 e. The zero-order valence-corrected chi connectivity index (χ0v) is 4.01. The van der Waals surface area contributed by atoms with Gasteiger partial charge in [0.15, 0.2) is 6.41 Å². The lowest BCUT2D eigenvalue weighted by Gasteiger charge is -2.00. The zero-order valence-electron chi connectivity index (χ0n) is 4.01. The van der Waals surface area contributed by atoms with Crippen LogP contribution in [-0.2, 0) is 4.79 Å². The Morgan fingerprint density at radius 3 is 2.33 bits per heavy atom. The summed E-state index contributed by atoms with van der Waals surface area (Å²) in [6.07, 6.45) is 0.750. The normalized spacial score (nSPS) is 7.00. The van der Waals surface area contributed by atoms with Gasteiger partial charge < -0.3 is 4.81 Å². The highest BCUT2D eigenvalue weighted by Crippen LogP contribution is 1.62. The summed E-state index contributed by atoms with van der Waals surface area (Å²) in [7, 11) is 3.38. The van der Waals surface area contributed by atoms with Gasteiger partial charge in [0.05, 0.1) is 0 Å². The third kappa shape index (κ3) is 1.82. The maximum Gasteiger partial charge on any atom is 0.245 e. The van der Waals surface area contributed by atoms with E-state index in [1.807, 2.05) is 0 Å². The highest BCUT2D eigenvalue weighted by Gasteiger charge is 1.83. The molecule has 0 aliphatic heterocycles. The first-order chi connectivity index (χ1) is 2.81. The van der Waals surface area contributed by atoms with Gasteiger partial charge in [-0.3, -0.25) is 4.79 Å². The van der Waals surface area contributed by atoms with E-state index < -0.39 is 0 Å². The minimum atomic E-state index is 0.750. The lowest BCUT2D eigenvalue weighted by atomic mass is 9.99. The molecule has 1 amide bonds. The molecule has 0 aliphatic carbocycles. The molecule has 0 fully saturated rings. The Morgan fingerprint density at radius 1 is 1.83 bits per heavy atom. The van der Waals surface area contributed by atoms with Crippen molar-refractivity contribution in [1.29, 1.82) is 0 Å². The van der Waals surface area contributed by atoms with Crippen LogP contribution in [-0.4, -0.2) is 25.7 Å². The molecule has 0 heterocycles. The lowest BCUT2D eigenvalue weighted by Crippen LogP contribution is -2.17. The van der Waals surface area contributed by atoms with Gasteiger partial charge in [-0.15, -0.1) is 0 Å². The van der Waals surface area contributed by atoms with Crippen LogP contribution in [0.5, 0.6) is 0 Å². The Morgan fingerprint density at radius 2 is 2.33 bits per heavy atom. The van der Waals surface area contributed by atoms with Crippen molar-refractivity contribution in [2.24, 2.45) is 0 Å². The van der Waals surface area contributed by atoms with Crippen LogP contribution in [0.3, 0.4) is 0 Å². The van der Waals surface area contributed by atoms with Gasteiger partial charge in [0.1, 0.15) is 0 Å². The molecule has 0 unspecified atom stereocenters. The molecular formula is C3H7BNO. The summed E-state index contributed by atoms with van der Waals surface area (Å²) in [6.45, 7) is 1.80. The summed E-state index contributed by atoms with van der Waals surface area (Å²) in [6, 6.07) is 0. The summed E-state index contributed by atoms with van der Waals surface area (Å²) < 4.78 is 0. The maximum atomic E-state index is 9.63. The SMILES string of the molecule is C[B]N(C)C=O. The van der Waals surface area contributed by atoms with Crippen molar-refractivity contribution >= 4 is 13.8 Å². The largest absolute Gasteiger partial charge is 0.396 e. The number of hydrogen-bond donors (Lipinski definition) is 0. The maximum absolute atomic E-state index is 9.63. The Hall–Kier alpha value is -0.465. The van der Waals surface area contributed by atoms with E-state index in [4.69, 9.17) is 0 Å². The number of rotatable bonds is 2. The second kappa shape index (κ2) is 2.76. The van der Waals surface area contributed by atoms with E-state index in [1.165, 1.54) is 4.81 Å². The topological polar surface area (TPSA) is 20.3 Å². The molecule has 0 N–H and O–H groups in total. The molecule has 0 saturated heterocycles. The third-order valence-electron chi connectivity index (χ3n) is 0.574. The molecule has 0 aromatic rings. The molecule has 6 heavy (non-hydrogen) atoms. The predicted molar refractivity (Wildman–Crippen MR) is 25.4 cm³/mol. The number of amides is 1. The van der Waals surface area contributed by atoms with Crippen LogP contribution in [0, 0.1) is 0 Å². The first-order valence-electron chi connectivity index (χ1n) is 1.78. The van der Waals surface area contributed by atoms with Gasteiger partial charge in [0.25, 0.3) is 0 Å². The van der Waals surface area contributed by atoms with Crippen molar-refractivity contribution < 1.29 is 4.79 Å². The van der Waals surface area contributed by atoms with Crippen LogP contribution < -0.4 is 0 Å². The molecule has 0 spiro atoms. The molecule has 0 aliphatic rings. The fraction of sp³-hybridized carbons (Fsp3) is 0.667. The average molecular weight is 83.9 g/mol. The van der Waals surface area contributed by atoms with E-state index >= 15 is 0 Å². The average Bonchev–Trinajstić information content (AvgIpc) is 1.65. The molecule has 0 bridgehead atoms. The number of carbonyl (C=O) groups excluding carboxylic acids is 1. The summed E-state index contributed by atoms with van der Waals surface area (Å²) in [4.78, 5) is 11.1. The summed E-state index contributed by atoms with van der Waals surface area (Å²) in [5, 5.41) is 0. The Bertz CT molecular complexity index is 48.1. The Balaban J connectivity index is 2.96.